The molecule has 0 unspecified atom stereocenters. The fourth-order valence-electron chi connectivity index (χ4n) is 1.57. The summed E-state index contributed by atoms with van der Waals surface area (Å²) in [6, 6.07) is 0. The molecule has 1 aliphatic rings. The molecule has 3 heteroatoms. The van der Waals surface area contributed by atoms with Crippen LogP contribution in [0.1, 0.15) is 32.6 Å². The van der Waals surface area contributed by atoms with E-state index in [9.17, 15) is 4.79 Å². The SMILES string of the molecule is CCOCC(=O)NCCC1=CCCC1. The highest BCUT2D eigenvalue weighted by Gasteiger charge is 2.05. The molecular formula is C11H19NO2. The Hall–Kier alpha value is -0.830. The second kappa shape index (κ2) is 6.60. The van der Waals surface area contributed by atoms with Crippen molar-refractivity contribution in [3.63, 3.8) is 0 Å². The fourth-order valence-corrected chi connectivity index (χ4v) is 1.57. The summed E-state index contributed by atoms with van der Waals surface area (Å²) in [5, 5.41) is 2.84. The van der Waals surface area contributed by atoms with Gasteiger partial charge in [-0.1, -0.05) is 11.6 Å². The molecule has 1 rings (SSSR count). The quantitative estimate of drug-likeness (QED) is 0.657. The topological polar surface area (TPSA) is 38.3 Å². The Balaban J connectivity index is 2.00. The van der Waals surface area contributed by atoms with Gasteiger partial charge in [-0.25, -0.2) is 0 Å². The van der Waals surface area contributed by atoms with E-state index in [0.717, 1.165) is 13.0 Å². The Morgan fingerprint density at radius 3 is 3.14 bits per heavy atom. The van der Waals surface area contributed by atoms with Gasteiger partial charge in [-0.2, -0.15) is 0 Å². The zero-order chi connectivity index (χ0) is 10.2. The van der Waals surface area contributed by atoms with Crippen molar-refractivity contribution in [1.29, 1.82) is 0 Å². The predicted octanol–water partition coefficient (Wildman–Crippen LogP) is 1.64. The summed E-state index contributed by atoms with van der Waals surface area (Å²) in [5.41, 5.74) is 1.49. The fraction of sp³-hybridized carbons (Fsp3) is 0.727. The molecule has 1 N–H and O–H groups in total. The van der Waals surface area contributed by atoms with Gasteiger partial charge in [0, 0.05) is 13.2 Å². The standard InChI is InChI=1S/C11H19NO2/c1-2-14-9-11(13)12-8-7-10-5-3-4-6-10/h5H,2-4,6-9H2,1H3,(H,12,13). The molecule has 1 amide bonds. The van der Waals surface area contributed by atoms with Crippen molar-refractivity contribution in [3.8, 4) is 0 Å². The summed E-state index contributed by atoms with van der Waals surface area (Å²) in [4.78, 5) is 11.1. The Bertz CT molecular complexity index is 211. The molecule has 14 heavy (non-hydrogen) atoms. The van der Waals surface area contributed by atoms with Crippen molar-refractivity contribution in [2.45, 2.75) is 32.6 Å². The highest BCUT2D eigenvalue weighted by Crippen LogP contribution is 2.19. The predicted molar refractivity (Wildman–Crippen MR) is 56.1 cm³/mol. The Labute approximate surface area is 85.5 Å². The van der Waals surface area contributed by atoms with E-state index in [1.807, 2.05) is 6.92 Å². The molecule has 0 saturated carbocycles. The molecule has 0 aromatic carbocycles. The molecule has 1 aliphatic carbocycles. The van der Waals surface area contributed by atoms with Gasteiger partial charge in [0.2, 0.25) is 5.91 Å². The van der Waals surface area contributed by atoms with Crippen LogP contribution in [-0.2, 0) is 9.53 Å². The van der Waals surface area contributed by atoms with E-state index >= 15 is 0 Å². The number of hydrogen-bond donors (Lipinski definition) is 1. The molecule has 0 spiro atoms. The van der Waals surface area contributed by atoms with Gasteiger partial charge < -0.3 is 10.1 Å². The monoisotopic (exact) mass is 197 g/mol. The summed E-state index contributed by atoms with van der Waals surface area (Å²) in [6.45, 7) is 3.42. The average molecular weight is 197 g/mol. The lowest BCUT2D eigenvalue weighted by molar-refractivity contribution is -0.125. The molecule has 0 radical (unpaired) electrons. The van der Waals surface area contributed by atoms with Gasteiger partial charge in [0.1, 0.15) is 6.61 Å². The lowest BCUT2D eigenvalue weighted by Crippen LogP contribution is -2.28. The van der Waals surface area contributed by atoms with Gasteiger partial charge in [-0.15, -0.1) is 0 Å². The minimum absolute atomic E-state index is 0.00885. The lowest BCUT2D eigenvalue weighted by atomic mass is 10.2. The van der Waals surface area contributed by atoms with Crippen LogP contribution in [0.15, 0.2) is 11.6 Å². The van der Waals surface area contributed by atoms with Gasteiger partial charge in [-0.3, -0.25) is 4.79 Å². The summed E-state index contributed by atoms with van der Waals surface area (Å²) in [6.07, 6.45) is 6.98. The highest BCUT2D eigenvalue weighted by molar-refractivity contribution is 5.77. The van der Waals surface area contributed by atoms with Crippen LogP contribution < -0.4 is 5.32 Å². The smallest absolute Gasteiger partial charge is 0.246 e. The molecule has 0 atom stereocenters. The van der Waals surface area contributed by atoms with Gasteiger partial charge in [0.15, 0.2) is 0 Å². The molecule has 0 aliphatic heterocycles. The minimum Gasteiger partial charge on any atom is -0.372 e. The average Bonchev–Trinajstić information content (AvgIpc) is 2.67. The Morgan fingerprint density at radius 2 is 2.50 bits per heavy atom. The van der Waals surface area contributed by atoms with Crippen LogP contribution >= 0.6 is 0 Å². The van der Waals surface area contributed by atoms with E-state index in [4.69, 9.17) is 4.74 Å². The van der Waals surface area contributed by atoms with Crippen LogP contribution in [0.5, 0.6) is 0 Å². The first-order valence-corrected chi connectivity index (χ1v) is 5.35. The van der Waals surface area contributed by atoms with Crippen molar-refractivity contribution in [2.24, 2.45) is 0 Å². The van der Waals surface area contributed by atoms with Gasteiger partial charge in [-0.05, 0) is 32.6 Å². The van der Waals surface area contributed by atoms with E-state index in [2.05, 4.69) is 11.4 Å². The molecule has 0 aromatic heterocycles. The zero-order valence-corrected chi connectivity index (χ0v) is 8.84. The summed E-state index contributed by atoms with van der Waals surface area (Å²) in [7, 11) is 0. The summed E-state index contributed by atoms with van der Waals surface area (Å²) >= 11 is 0. The maximum Gasteiger partial charge on any atom is 0.246 e. The van der Waals surface area contributed by atoms with E-state index in [-0.39, 0.29) is 12.5 Å². The van der Waals surface area contributed by atoms with Crippen LogP contribution in [0.4, 0.5) is 0 Å². The first kappa shape index (κ1) is 11.2. The first-order valence-electron chi connectivity index (χ1n) is 5.35. The number of amides is 1. The Morgan fingerprint density at radius 1 is 1.64 bits per heavy atom. The van der Waals surface area contributed by atoms with Gasteiger partial charge >= 0.3 is 0 Å². The van der Waals surface area contributed by atoms with Gasteiger partial charge in [0.05, 0.1) is 0 Å². The molecule has 0 heterocycles. The first-order chi connectivity index (χ1) is 6.83. The van der Waals surface area contributed by atoms with Crippen LogP contribution in [0.25, 0.3) is 0 Å². The number of hydrogen-bond acceptors (Lipinski definition) is 2. The molecule has 0 aromatic rings. The van der Waals surface area contributed by atoms with E-state index < -0.39 is 0 Å². The third kappa shape index (κ3) is 4.42. The zero-order valence-electron chi connectivity index (χ0n) is 8.84. The number of ether oxygens (including phenoxy) is 1. The van der Waals surface area contributed by atoms with Gasteiger partial charge in [0.25, 0.3) is 0 Å². The number of rotatable bonds is 6. The molecular weight excluding hydrogens is 178 g/mol. The van der Waals surface area contributed by atoms with Crippen LogP contribution in [0, 0.1) is 0 Å². The van der Waals surface area contributed by atoms with E-state index in [0.29, 0.717) is 6.61 Å². The minimum atomic E-state index is -0.00885. The third-order valence-electron chi connectivity index (χ3n) is 2.34. The van der Waals surface area contributed by atoms with Crippen molar-refractivity contribution in [3.05, 3.63) is 11.6 Å². The van der Waals surface area contributed by atoms with Crippen LogP contribution in [0.2, 0.25) is 0 Å². The van der Waals surface area contributed by atoms with E-state index in [1.54, 1.807) is 0 Å². The number of nitrogens with one attached hydrogen (secondary N) is 1. The molecule has 0 bridgehead atoms. The maximum atomic E-state index is 11.1. The van der Waals surface area contributed by atoms with Crippen molar-refractivity contribution < 1.29 is 9.53 Å². The second-order valence-electron chi connectivity index (χ2n) is 3.49. The van der Waals surface area contributed by atoms with Crippen LogP contribution in [0.3, 0.4) is 0 Å². The van der Waals surface area contributed by atoms with Crippen LogP contribution in [-0.4, -0.2) is 25.7 Å². The molecule has 3 nitrogen and oxygen atoms in total. The van der Waals surface area contributed by atoms with Crippen molar-refractivity contribution in [1.82, 2.24) is 5.32 Å². The largest absolute Gasteiger partial charge is 0.372 e. The van der Waals surface area contributed by atoms with Crippen molar-refractivity contribution >= 4 is 5.91 Å². The summed E-state index contributed by atoms with van der Waals surface area (Å²) < 4.78 is 4.99. The number of carbonyl (C=O) groups is 1. The second-order valence-corrected chi connectivity index (χ2v) is 3.49. The maximum absolute atomic E-state index is 11.1. The number of allylic oxidation sites excluding steroid dienone is 1. The molecule has 80 valence electrons. The number of carbonyl (C=O) groups excluding carboxylic acids is 1. The lowest BCUT2D eigenvalue weighted by Gasteiger charge is -2.05. The third-order valence-corrected chi connectivity index (χ3v) is 2.34. The van der Waals surface area contributed by atoms with E-state index in [1.165, 1.54) is 24.8 Å². The normalized spacial score (nSPS) is 15.4. The highest BCUT2D eigenvalue weighted by atomic mass is 16.5. The van der Waals surface area contributed by atoms with Crippen molar-refractivity contribution in [2.75, 3.05) is 19.8 Å². The molecule has 0 fully saturated rings. The Kier molecular flexibility index (Phi) is 5.30. The molecule has 0 saturated heterocycles. The summed E-state index contributed by atoms with van der Waals surface area (Å²) in [5.74, 6) is -0.00885.